The van der Waals surface area contributed by atoms with E-state index in [0.29, 0.717) is 18.1 Å². The Kier molecular flexibility index (Phi) is 4.27. The van der Waals surface area contributed by atoms with Crippen LogP contribution in [0.2, 0.25) is 0 Å². The Morgan fingerprint density at radius 2 is 2.11 bits per heavy atom. The van der Waals surface area contributed by atoms with E-state index in [9.17, 15) is 4.79 Å². The Balaban J connectivity index is 2.61. The Labute approximate surface area is 117 Å². The van der Waals surface area contributed by atoms with E-state index in [1.807, 2.05) is 38.1 Å². The van der Waals surface area contributed by atoms with Crippen molar-refractivity contribution in [1.82, 2.24) is 9.78 Å². The van der Waals surface area contributed by atoms with E-state index in [1.54, 1.807) is 10.7 Å². The number of hydrogen-bond donors (Lipinski definition) is 1. The van der Waals surface area contributed by atoms with Crippen molar-refractivity contribution >= 4 is 12.6 Å². The molecule has 1 heterocycles. The van der Waals surface area contributed by atoms with Gasteiger partial charge in [-0.15, -0.1) is 0 Å². The van der Waals surface area contributed by atoms with E-state index in [-0.39, 0.29) is 5.43 Å². The molecule has 0 aliphatic carbocycles. The maximum Gasteiger partial charge on any atom is 0.204 e. The number of hydrogen-bond acceptors (Lipinski definition) is 4. The van der Waals surface area contributed by atoms with Crippen molar-refractivity contribution in [1.29, 1.82) is 0 Å². The molecule has 1 aromatic heterocycles. The molecule has 1 aromatic carbocycles. The van der Waals surface area contributed by atoms with Gasteiger partial charge in [0.05, 0.1) is 6.61 Å². The highest BCUT2D eigenvalue weighted by molar-refractivity contribution is 7.79. The number of aryl methyl sites for hydroxylation is 1. The number of aromatic nitrogens is 2. The first-order valence-corrected chi connectivity index (χ1v) is 6.73. The average molecular weight is 276 g/mol. The quantitative estimate of drug-likeness (QED) is 0.872. The summed E-state index contributed by atoms with van der Waals surface area (Å²) in [5, 5.41) is 4.35. The molecule has 2 rings (SSSR count). The summed E-state index contributed by atoms with van der Waals surface area (Å²) < 4.78 is 7.31. The molecule has 0 saturated carbocycles. The van der Waals surface area contributed by atoms with Crippen LogP contribution in [0.4, 0.5) is 0 Å². The number of benzene rings is 1. The predicted octanol–water partition coefficient (Wildman–Crippen LogP) is 2.37. The molecular formula is C14H16N2O2S. The van der Waals surface area contributed by atoms with Crippen molar-refractivity contribution < 1.29 is 4.74 Å². The lowest BCUT2D eigenvalue weighted by molar-refractivity contribution is 0.338. The van der Waals surface area contributed by atoms with Crippen molar-refractivity contribution in [3.63, 3.8) is 0 Å². The summed E-state index contributed by atoms with van der Waals surface area (Å²) >= 11 is 4.13. The van der Waals surface area contributed by atoms with Crippen LogP contribution in [-0.4, -0.2) is 16.4 Å². The van der Waals surface area contributed by atoms with Gasteiger partial charge in [-0.1, -0.05) is 12.1 Å². The second kappa shape index (κ2) is 5.93. The topological polar surface area (TPSA) is 44.1 Å². The highest BCUT2D eigenvalue weighted by Crippen LogP contribution is 2.22. The highest BCUT2D eigenvalue weighted by Gasteiger charge is 2.10. The van der Waals surface area contributed by atoms with Gasteiger partial charge in [0.25, 0.3) is 0 Å². The van der Waals surface area contributed by atoms with Crippen molar-refractivity contribution in [2.24, 2.45) is 0 Å². The summed E-state index contributed by atoms with van der Waals surface area (Å²) in [6.45, 7) is 4.36. The lowest BCUT2D eigenvalue weighted by Gasteiger charge is -2.14. The molecule has 0 spiro atoms. The molecule has 0 N–H and O–H groups in total. The molecule has 0 amide bonds. The fourth-order valence-corrected chi connectivity index (χ4v) is 2.07. The predicted molar refractivity (Wildman–Crippen MR) is 78.4 cm³/mol. The van der Waals surface area contributed by atoms with Crippen LogP contribution >= 0.6 is 12.6 Å². The van der Waals surface area contributed by atoms with Crippen LogP contribution in [0, 0.1) is 6.92 Å². The third-order valence-electron chi connectivity index (χ3n) is 2.72. The summed E-state index contributed by atoms with van der Waals surface area (Å²) in [5.74, 6) is 1.06. The molecule has 19 heavy (non-hydrogen) atoms. The Morgan fingerprint density at radius 1 is 1.37 bits per heavy atom. The highest BCUT2D eigenvalue weighted by atomic mass is 32.1. The zero-order valence-electron chi connectivity index (χ0n) is 11.0. The monoisotopic (exact) mass is 276 g/mol. The molecule has 0 atom stereocenters. The first-order valence-electron chi connectivity index (χ1n) is 6.10. The van der Waals surface area contributed by atoms with Crippen LogP contribution in [0.25, 0.3) is 5.69 Å². The summed E-state index contributed by atoms with van der Waals surface area (Å²) in [4.78, 5) is 11.7. The van der Waals surface area contributed by atoms with Gasteiger partial charge in [-0.2, -0.15) is 17.7 Å². The molecule has 4 nitrogen and oxygen atoms in total. The Hall–Kier alpha value is -1.75. The molecular weight excluding hydrogens is 260 g/mol. The SMILES string of the molecule is CCOc1ccccc1-n1nc(CS)c(=O)cc1C. The van der Waals surface area contributed by atoms with Crippen LogP contribution in [0.3, 0.4) is 0 Å². The minimum atomic E-state index is -0.0855. The largest absolute Gasteiger partial charge is 0.492 e. The molecule has 0 unspecified atom stereocenters. The number of rotatable bonds is 4. The van der Waals surface area contributed by atoms with Gasteiger partial charge in [0.1, 0.15) is 17.1 Å². The zero-order chi connectivity index (χ0) is 13.8. The molecule has 0 bridgehead atoms. The average Bonchev–Trinajstić information content (AvgIpc) is 2.40. The van der Waals surface area contributed by atoms with E-state index >= 15 is 0 Å². The fraction of sp³-hybridized carbons (Fsp3) is 0.286. The normalized spacial score (nSPS) is 10.5. The van der Waals surface area contributed by atoms with Crippen molar-refractivity contribution in [3.05, 3.63) is 51.9 Å². The number of thiol groups is 1. The first-order chi connectivity index (χ1) is 9.17. The van der Waals surface area contributed by atoms with Crippen LogP contribution in [-0.2, 0) is 5.75 Å². The molecule has 0 radical (unpaired) electrons. The van der Waals surface area contributed by atoms with Gasteiger partial charge in [-0.3, -0.25) is 4.79 Å². The number of nitrogens with zero attached hydrogens (tertiary/aromatic N) is 2. The van der Waals surface area contributed by atoms with Gasteiger partial charge in [-0.05, 0) is 26.0 Å². The van der Waals surface area contributed by atoms with Crippen molar-refractivity contribution in [3.8, 4) is 11.4 Å². The van der Waals surface area contributed by atoms with E-state index in [2.05, 4.69) is 17.7 Å². The maximum atomic E-state index is 11.7. The second-order valence-corrected chi connectivity index (χ2v) is 4.38. The third-order valence-corrected chi connectivity index (χ3v) is 3.02. The van der Waals surface area contributed by atoms with Gasteiger partial charge in [-0.25, -0.2) is 4.68 Å². The number of para-hydroxylation sites is 2. The molecule has 0 fully saturated rings. The number of ether oxygens (including phenoxy) is 1. The molecule has 100 valence electrons. The van der Waals surface area contributed by atoms with Crippen LogP contribution in [0.1, 0.15) is 18.3 Å². The van der Waals surface area contributed by atoms with Crippen LogP contribution in [0.5, 0.6) is 5.75 Å². The fourth-order valence-electron chi connectivity index (χ4n) is 1.85. The van der Waals surface area contributed by atoms with Crippen molar-refractivity contribution in [2.45, 2.75) is 19.6 Å². The Morgan fingerprint density at radius 3 is 2.79 bits per heavy atom. The van der Waals surface area contributed by atoms with Gasteiger partial charge in [0.15, 0.2) is 0 Å². The van der Waals surface area contributed by atoms with Crippen LogP contribution < -0.4 is 10.2 Å². The standard InChI is InChI=1S/C14H16N2O2S/c1-3-18-14-7-5-4-6-12(14)16-10(2)8-13(17)11(9-19)15-16/h4-8,19H,3,9H2,1-2H3. The van der Waals surface area contributed by atoms with Gasteiger partial charge in [0.2, 0.25) is 5.43 Å². The summed E-state index contributed by atoms with van der Waals surface area (Å²) in [6.07, 6.45) is 0. The van der Waals surface area contributed by atoms with E-state index in [1.165, 1.54) is 0 Å². The van der Waals surface area contributed by atoms with E-state index < -0.39 is 0 Å². The van der Waals surface area contributed by atoms with Crippen molar-refractivity contribution in [2.75, 3.05) is 6.61 Å². The summed E-state index contributed by atoms with van der Waals surface area (Å²) in [5.41, 5.74) is 1.94. The lowest BCUT2D eigenvalue weighted by Crippen LogP contribution is -2.18. The molecule has 0 aliphatic rings. The molecule has 0 saturated heterocycles. The Bertz CT molecular complexity index is 638. The van der Waals surface area contributed by atoms with Crippen LogP contribution in [0.15, 0.2) is 35.1 Å². The summed E-state index contributed by atoms with van der Waals surface area (Å²) in [6, 6.07) is 9.20. The minimum Gasteiger partial charge on any atom is -0.492 e. The second-order valence-electron chi connectivity index (χ2n) is 4.07. The van der Waals surface area contributed by atoms with Gasteiger partial charge >= 0.3 is 0 Å². The maximum absolute atomic E-state index is 11.7. The summed E-state index contributed by atoms with van der Waals surface area (Å²) in [7, 11) is 0. The van der Waals surface area contributed by atoms with E-state index in [0.717, 1.165) is 17.1 Å². The molecule has 2 aromatic rings. The third kappa shape index (κ3) is 2.81. The first kappa shape index (κ1) is 13.7. The van der Waals surface area contributed by atoms with Gasteiger partial charge < -0.3 is 4.74 Å². The smallest absolute Gasteiger partial charge is 0.204 e. The van der Waals surface area contributed by atoms with E-state index in [4.69, 9.17) is 4.74 Å². The molecule has 5 heteroatoms. The van der Waals surface area contributed by atoms with Gasteiger partial charge in [0, 0.05) is 17.5 Å². The minimum absolute atomic E-state index is 0.0855. The zero-order valence-corrected chi connectivity index (χ0v) is 11.9. The lowest BCUT2D eigenvalue weighted by atomic mass is 10.2. The molecule has 0 aliphatic heterocycles.